The Labute approximate surface area is 147 Å². The molecule has 1 saturated heterocycles. The fourth-order valence-electron chi connectivity index (χ4n) is 3.22. The predicted octanol–water partition coefficient (Wildman–Crippen LogP) is 1.57. The Morgan fingerprint density at radius 1 is 1.04 bits per heavy atom. The number of pyridine rings is 1. The highest BCUT2D eigenvalue weighted by Crippen LogP contribution is 2.31. The van der Waals surface area contributed by atoms with Gasteiger partial charge in [-0.3, -0.25) is 14.7 Å². The average Bonchev–Trinajstić information content (AvgIpc) is 2.68. The maximum Gasteiger partial charge on any atom is 0.267 e. The summed E-state index contributed by atoms with van der Waals surface area (Å²) in [5, 5.41) is 0. The molecule has 1 aromatic carbocycles. The molecule has 4 rings (SSSR count). The summed E-state index contributed by atoms with van der Waals surface area (Å²) in [6, 6.07) is 11.5. The zero-order valence-corrected chi connectivity index (χ0v) is 14.0. The number of amides is 1. The number of aromatic nitrogens is 1. The van der Waals surface area contributed by atoms with E-state index >= 15 is 0 Å². The Morgan fingerprint density at radius 3 is 2.52 bits per heavy atom. The van der Waals surface area contributed by atoms with Crippen molar-refractivity contribution in [3.63, 3.8) is 0 Å². The molecule has 0 N–H and O–H groups in total. The van der Waals surface area contributed by atoms with E-state index in [1.807, 2.05) is 53.7 Å². The molecule has 1 atom stereocenters. The van der Waals surface area contributed by atoms with Crippen LogP contribution < -0.4 is 9.47 Å². The third kappa shape index (κ3) is 3.58. The smallest absolute Gasteiger partial charge is 0.267 e. The molecule has 0 saturated carbocycles. The number of carbonyl (C=O) groups is 1. The van der Waals surface area contributed by atoms with Crippen LogP contribution in [0.1, 0.15) is 5.56 Å². The molecule has 0 unspecified atom stereocenters. The lowest BCUT2D eigenvalue weighted by atomic mass is 10.2. The highest BCUT2D eigenvalue weighted by molar-refractivity contribution is 5.82. The summed E-state index contributed by atoms with van der Waals surface area (Å²) in [7, 11) is 0. The van der Waals surface area contributed by atoms with E-state index in [-0.39, 0.29) is 12.5 Å². The number of piperazine rings is 1. The lowest BCUT2D eigenvalue weighted by Gasteiger charge is -2.37. The third-order valence-electron chi connectivity index (χ3n) is 4.62. The highest BCUT2D eigenvalue weighted by atomic mass is 16.6. The molecule has 3 heterocycles. The third-order valence-corrected chi connectivity index (χ3v) is 4.62. The Morgan fingerprint density at radius 2 is 1.76 bits per heavy atom. The van der Waals surface area contributed by atoms with E-state index in [0.29, 0.717) is 24.6 Å². The average molecular weight is 339 g/mol. The van der Waals surface area contributed by atoms with Crippen molar-refractivity contribution in [2.24, 2.45) is 0 Å². The molecule has 25 heavy (non-hydrogen) atoms. The van der Waals surface area contributed by atoms with Gasteiger partial charge in [-0.1, -0.05) is 12.1 Å². The number of nitrogens with zero attached hydrogens (tertiary/aromatic N) is 3. The van der Waals surface area contributed by atoms with Gasteiger partial charge in [-0.05, 0) is 29.8 Å². The molecule has 6 heteroatoms. The van der Waals surface area contributed by atoms with Gasteiger partial charge in [0.2, 0.25) is 6.10 Å². The molecule has 130 valence electrons. The minimum Gasteiger partial charge on any atom is -0.485 e. The Balaban J connectivity index is 1.31. The molecule has 0 bridgehead atoms. The summed E-state index contributed by atoms with van der Waals surface area (Å²) in [6.07, 6.45) is 3.07. The summed E-state index contributed by atoms with van der Waals surface area (Å²) < 4.78 is 11.5. The van der Waals surface area contributed by atoms with Gasteiger partial charge in [0.1, 0.15) is 6.61 Å². The van der Waals surface area contributed by atoms with Gasteiger partial charge in [-0.2, -0.15) is 0 Å². The van der Waals surface area contributed by atoms with E-state index in [9.17, 15) is 4.79 Å². The van der Waals surface area contributed by atoms with Crippen molar-refractivity contribution in [3.8, 4) is 11.5 Å². The molecular formula is C19H21N3O3. The fraction of sp³-hybridized carbons (Fsp3) is 0.368. The molecule has 0 spiro atoms. The second-order valence-electron chi connectivity index (χ2n) is 6.32. The number of ether oxygens (including phenoxy) is 2. The topological polar surface area (TPSA) is 54.9 Å². The summed E-state index contributed by atoms with van der Waals surface area (Å²) in [5.74, 6) is 1.36. The lowest BCUT2D eigenvalue weighted by Crippen LogP contribution is -2.53. The number of benzene rings is 1. The number of carbonyl (C=O) groups excluding carboxylic acids is 1. The largest absolute Gasteiger partial charge is 0.485 e. The first-order valence-electron chi connectivity index (χ1n) is 8.58. The second-order valence-corrected chi connectivity index (χ2v) is 6.32. The Bertz CT molecular complexity index is 730. The summed E-state index contributed by atoms with van der Waals surface area (Å²) in [4.78, 5) is 21.0. The van der Waals surface area contributed by atoms with Gasteiger partial charge in [0.15, 0.2) is 11.5 Å². The number of hydrogen-bond acceptors (Lipinski definition) is 5. The fourth-order valence-corrected chi connectivity index (χ4v) is 3.22. The van der Waals surface area contributed by atoms with Gasteiger partial charge in [0.05, 0.1) is 0 Å². The van der Waals surface area contributed by atoms with Crippen molar-refractivity contribution in [3.05, 3.63) is 54.4 Å². The van der Waals surface area contributed by atoms with Gasteiger partial charge in [-0.15, -0.1) is 0 Å². The molecular weight excluding hydrogens is 318 g/mol. The quantitative estimate of drug-likeness (QED) is 0.850. The van der Waals surface area contributed by atoms with Crippen molar-refractivity contribution in [1.29, 1.82) is 0 Å². The van der Waals surface area contributed by atoms with Crippen LogP contribution in [0.4, 0.5) is 0 Å². The van der Waals surface area contributed by atoms with Gasteiger partial charge >= 0.3 is 0 Å². The molecule has 1 amide bonds. The van der Waals surface area contributed by atoms with E-state index in [1.54, 1.807) is 0 Å². The van der Waals surface area contributed by atoms with E-state index in [4.69, 9.17) is 9.47 Å². The van der Waals surface area contributed by atoms with Crippen LogP contribution in [0.2, 0.25) is 0 Å². The molecule has 1 fully saturated rings. The van der Waals surface area contributed by atoms with E-state index in [1.165, 1.54) is 5.56 Å². The summed E-state index contributed by atoms with van der Waals surface area (Å²) in [5.41, 5.74) is 1.25. The van der Waals surface area contributed by atoms with Crippen LogP contribution >= 0.6 is 0 Å². The van der Waals surface area contributed by atoms with Gasteiger partial charge in [-0.25, -0.2) is 0 Å². The van der Waals surface area contributed by atoms with Crippen LogP contribution in [0.5, 0.6) is 11.5 Å². The standard InChI is InChI=1S/C19H21N3O3/c23-19(18-14-24-16-3-1-2-4-17(16)25-18)22-11-9-21(10-12-22)13-15-5-7-20-8-6-15/h1-8,18H,9-14H2/t18-/m0/s1. The highest BCUT2D eigenvalue weighted by Gasteiger charge is 2.32. The van der Waals surface area contributed by atoms with E-state index < -0.39 is 6.10 Å². The zero-order chi connectivity index (χ0) is 17.1. The summed E-state index contributed by atoms with van der Waals surface area (Å²) >= 11 is 0. The van der Waals surface area contributed by atoms with Crippen LogP contribution in [-0.4, -0.2) is 59.6 Å². The normalized spacial score (nSPS) is 20.3. The molecule has 2 aliphatic rings. The molecule has 0 radical (unpaired) electrons. The maximum atomic E-state index is 12.7. The zero-order valence-electron chi connectivity index (χ0n) is 14.0. The monoisotopic (exact) mass is 339 g/mol. The molecule has 2 aliphatic heterocycles. The minimum absolute atomic E-state index is 0.0121. The van der Waals surface area contributed by atoms with Gasteiger partial charge < -0.3 is 14.4 Å². The molecule has 1 aromatic heterocycles. The first-order chi connectivity index (χ1) is 12.3. The maximum absolute atomic E-state index is 12.7. The van der Waals surface area contributed by atoms with Crippen LogP contribution in [-0.2, 0) is 11.3 Å². The first-order valence-corrected chi connectivity index (χ1v) is 8.58. The molecule has 6 nitrogen and oxygen atoms in total. The van der Waals surface area contributed by atoms with Gasteiger partial charge in [0, 0.05) is 45.1 Å². The van der Waals surface area contributed by atoms with Crippen LogP contribution in [0.25, 0.3) is 0 Å². The molecule has 2 aromatic rings. The van der Waals surface area contributed by atoms with Crippen LogP contribution in [0.3, 0.4) is 0 Å². The predicted molar refractivity (Wildman–Crippen MR) is 92.4 cm³/mol. The van der Waals surface area contributed by atoms with Crippen molar-refractivity contribution in [2.45, 2.75) is 12.6 Å². The number of fused-ring (bicyclic) bond motifs is 1. The second kappa shape index (κ2) is 7.11. The number of rotatable bonds is 3. The summed E-state index contributed by atoms with van der Waals surface area (Å²) in [6.45, 7) is 4.31. The van der Waals surface area contributed by atoms with Crippen molar-refractivity contribution in [2.75, 3.05) is 32.8 Å². The van der Waals surface area contributed by atoms with E-state index in [0.717, 1.165) is 19.6 Å². The van der Waals surface area contributed by atoms with Crippen LogP contribution in [0.15, 0.2) is 48.8 Å². The number of hydrogen-bond donors (Lipinski definition) is 0. The van der Waals surface area contributed by atoms with E-state index in [2.05, 4.69) is 9.88 Å². The number of para-hydroxylation sites is 2. The molecule has 0 aliphatic carbocycles. The SMILES string of the molecule is O=C([C@@H]1COc2ccccc2O1)N1CCN(Cc2ccncc2)CC1. The van der Waals surface area contributed by atoms with Crippen molar-refractivity contribution >= 4 is 5.91 Å². The van der Waals surface area contributed by atoms with Crippen LogP contribution in [0, 0.1) is 0 Å². The lowest BCUT2D eigenvalue weighted by molar-refractivity contribution is -0.143. The first kappa shape index (κ1) is 15.9. The van der Waals surface area contributed by atoms with Crippen molar-refractivity contribution < 1.29 is 14.3 Å². The van der Waals surface area contributed by atoms with Gasteiger partial charge in [0.25, 0.3) is 5.91 Å². The Kier molecular flexibility index (Phi) is 4.52. The van der Waals surface area contributed by atoms with Crippen molar-refractivity contribution in [1.82, 2.24) is 14.8 Å². The Hall–Kier alpha value is -2.60. The minimum atomic E-state index is -0.554.